The molecule has 1 atom stereocenters. The predicted molar refractivity (Wildman–Crippen MR) is 32.3 cm³/mol. The smallest absolute Gasteiger partial charge is 0.0600 e. The Balaban J connectivity index is 2.30. The Labute approximate surface area is 40.8 Å². The van der Waals surface area contributed by atoms with Gasteiger partial charge < -0.3 is 0 Å². The third kappa shape index (κ3) is 3.22. The first kappa shape index (κ1) is 5.22. The van der Waals surface area contributed by atoms with Crippen molar-refractivity contribution in [1.82, 2.24) is 0 Å². The van der Waals surface area contributed by atoms with E-state index in [1.54, 1.807) is 0 Å². The maximum Gasteiger partial charge on any atom is 0.242 e. The van der Waals surface area contributed by atoms with E-state index in [0.717, 1.165) is 0 Å². The Morgan fingerprint density at radius 2 is 2.25 bits per heavy atom. The molecule has 0 aromatic carbocycles. The fourth-order valence-electron chi connectivity index (χ4n) is 0. The molecule has 0 amide bonds. The van der Waals surface area contributed by atoms with Crippen molar-refractivity contribution >= 4 is 40.4 Å². The van der Waals surface area contributed by atoms with Gasteiger partial charge in [0.15, 0.2) is 22.2 Å². The van der Waals surface area contributed by atoms with Crippen molar-refractivity contribution < 1.29 is 0 Å². The van der Waals surface area contributed by atoms with Crippen molar-refractivity contribution in [3.63, 3.8) is 0 Å². The zero-order chi connectivity index (χ0) is 3.41. The first-order chi connectivity index (χ1) is 1.91. The van der Waals surface area contributed by atoms with Gasteiger partial charge in [0.1, 0.15) is 0 Å². The van der Waals surface area contributed by atoms with Gasteiger partial charge in [0.25, 0.3) is 0 Å². The van der Waals surface area contributed by atoms with Crippen molar-refractivity contribution in [3.05, 3.63) is 0 Å². The molecule has 1 unspecified atom stereocenters. The summed E-state index contributed by atoms with van der Waals surface area (Å²) in [5.41, 5.74) is 0. The highest BCUT2D eigenvalue weighted by atomic mass is 33.4. The number of hydrogen-bond donors (Lipinski definition) is 1. The van der Waals surface area contributed by atoms with E-state index in [2.05, 4.69) is 23.5 Å². The first-order valence-corrected chi connectivity index (χ1v) is 5.32. The van der Waals surface area contributed by atoms with E-state index in [1.165, 1.54) is 10.4 Å². The summed E-state index contributed by atoms with van der Waals surface area (Å²) < 4.78 is 0. The lowest BCUT2D eigenvalue weighted by atomic mass is 30.1. The van der Waals surface area contributed by atoms with Gasteiger partial charge in [-0.3, -0.25) is 0 Å². The summed E-state index contributed by atoms with van der Waals surface area (Å²) >= 11 is 8.21. The summed E-state index contributed by atoms with van der Waals surface area (Å²) in [6.45, 7) is 0.505. The quantitative estimate of drug-likeness (QED) is 0.324. The molecule has 0 fully saturated rings. The average molecular weight is 129 g/mol. The van der Waals surface area contributed by atoms with Gasteiger partial charge in [0.05, 0.1) is 0 Å². The number of rotatable bonds is 1. The van der Waals surface area contributed by atoms with Gasteiger partial charge in [-0.1, -0.05) is 11.7 Å². The standard InChI is InChI=1S/HPS3/c2-1-4-3/h3H/p+1. The van der Waals surface area contributed by atoms with Crippen LogP contribution in [-0.4, -0.2) is 0 Å². The van der Waals surface area contributed by atoms with Crippen LogP contribution in [0.15, 0.2) is 0 Å². The van der Waals surface area contributed by atoms with Crippen molar-refractivity contribution in [2.45, 2.75) is 0 Å². The lowest BCUT2D eigenvalue weighted by Gasteiger charge is -1.37. The Bertz CT molecular complexity index is 17.2. The highest BCUT2D eigenvalue weighted by Crippen LogP contribution is 2.20. The highest BCUT2D eigenvalue weighted by Gasteiger charge is 1.66. The van der Waals surface area contributed by atoms with Crippen LogP contribution in [0.25, 0.3) is 0 Å². The SMILES string of the molecule is S=[PH+]SS. The minimum absolute atomic E-state index is 0.505. The number of thiol groups is 1. The third-order valence-electron chi connectivity index (χ3n) is 0.0373. The van der Waals surface area contributed by atoms with Gasteiger partial charge in [-0.15, -0.1) is 0 Å². The van der Waals surface area contributed by atoms with E-state index < -0.39 is 0 Å². The molecule has 4 heteroatoms. The maximum absolute atomic E-state index is 4.47. The Hall–Kier alpha value is 1.22. The van der Waals surface area contributed by atoms with Crippen LogP contribution in [-0.2, 0) is 11.8 Å². The minimum atomic E-state index is 0.505. The fraction of sp³-hybridized carbons (Fsp3) is 0. The van der Waals surface area contributed by atoms with Crippen LogP contribution < -0.4 is 0 Å². The van der Waals surface area contributed by atoms with Gasteiger partial charge in [0, 0.05) is 0 Å². The lowest BCUT2D eigenvalue weighted by Crippen LogP contribution is -0.872. The summed E-state index contributed by atoms with van der Waals surface area (Å²) in [5.74, 6) is 0. The van der Waals surface area contributed by atoms with Crippen LogP contribution in [0, 0.1) is 0 Å². The molecule has 0 rings (SSSR count). The molecule has 0 nitrogen and oxygen atoms in total. The van der Waals surface area contributed by atoms with Crippen molar-refractivity contribution in [2.75, 3.05) is 0 Å². The molecule has 0 N–H and O–H groups in total. The molecule has 0 aliphatic rings. The first-order valence-electron chi connectivity index (χ1n) is 0.591. The molecule has 4 heavy (non-hydrogen) atoms. The van der Waals surface area contributed by atoms with E-state index in [-0.39, 0.29) is 0 Å². The summed E-state index contributed by atoms with van der Waals surface area (Å²) in [6.07, 6.45) is 0. The third-order valence-corrected chi connectivity index (χ3v) is 3.02. The Morgan fingerprint density at radius 3 is 2.25 bits per heavy atom. The second-order valence-corrected chi connectivity index (χ2v) is 4.71. The van der Waals surface area contributed by atoms with E-state index in [0.29, 0.717) is 6.56 Å². The topological polar surface area (TPSA) is 0 Å². The van der Waals surface area contributed by atoms with E-state index >= 15 is 0 Å². The second kappa shape index (κ2) is 4.22. The molecular formula is H2PS3+. The molecule has 0 aliphatic heterocycles. The molecule has 0 aromatic rings. The molecule has 0 aromatic heterocycles. The van der Waals surface area contributed by atoms with Gasteiger partial charge in [-0.25, -0.2) is 0 Å². The monoisotopic (exact) mass is 129 g/mol. The van der Waals surface area contributed by atoms with Crippen LogP contribution in [0.3, 0.4) is 0 Å². The zero-order valence-corrected chi connectivity index (χ0v) is 5.29. The van der Waals surface area contributed by atoms with Crippen LogP contribution in [0.1, 0.15) is 0 Å². The van der Waals surface area contributed by atoms with Gasteiger partial charge in [-0.05, 0) is 0 Å². The summed E-state index contributed by atoms with van der Waals surface area (Å²) in [6, 6.07) is 0. The molecule has 24 valence electrons. The van der Waals surface area contributed by atoms with Gasteiger partial charge >= 0.3 is 0 Å². The van der Waals surface area contributed by atoms with E-state index in [4.69, 9.17) is 0 Å². The average Bonchev–Trinajstić information content (AvgIpc) is 1.37. The Morgan fingerprint density at radius 1 is 2.00 bits per heavy atom. The normalized spacial score (nSPS) is 8.25. The molecule has 0 radical (unpaired) electrons. The second-order valence-electron chi connectivity index (χ2n) is 0.175. The van der Waals surface area contributed by atoms with E-state index in [9.17, 15) is 0 Å². The number of hydrogen-bond acceptors (Lipinski definition) is 3. The molecule has 0 saturated heterocycles. The Kier molecular flexibility index (Phi) is 5.51. The molecule has 0 aliphatic carbocycles. The highest BCUT2D eigenvalue weighted by molar-refractivity contribution is 8.93. The molecule has 0 heterocycles. The van der Waals surface area contributed by atoms with Crippen LogP contribution in [0.5, 0.6) is 0 Å². The summed E-state index contributed by atoms with van der Waals surface area (Å²) in [7, 11) is 1.39. The largest absolute Gasteiger partial charge is 0.242 e. The van der Waals surface area contributed by atoms with Crippen LogP contribution >= 0.6 is 28.6 Å². The molecule has 0 bridgehead atoms. The molecular weight excluding hydrogens is 127 g/mol. The van der Waals surface area contributed by atoms with Crippen LogP contribution in [0.4, 0.5) is 0 Å². The lowest BCUT2D eigenvalue weighted by molar-refractivity contribution is 5.80. The van der Waals surface area contributed by atoms with Crippen LogP contribution in [0.2, 0.25) is 0 Å². The van der Waals surface area contributed by atoms with Gasteiger partial charge in [-0.2, -0.15) is 0 Å². The van der Waals surface area contributed by atoms with E-state index in [1.807, 2.05) is 0 Å². The molecule has 0 saturated carbocycles. The van der Waals surface area contributed by atoms with Crippen molar-refractivity contribution in [1.29, 1.82) is 0 Å². The minimum Gasteiger partial charge on any atom is -0.0600 e. The zero-order valence-electron chi connectivity index (χ0n) is 1.76. The molecule has 0 spiro atoms. The summed E-state index contributed by atoms with van der Waals surface area (Å²) in [5, 5.41) is 0. The van der Waals surface area contributed by atoms with Crippen molar-refractivity contribution in [2.24, 2.45) is 0 Å². The maximum atomic E-state index is 4.47. The van der Waals surface area contributed by atoms with Gasteiger partial charge in [0.2, 0.25) is 6.56 Å². The van der Waals surface area contributed by atoms with Crippen molar-refractivity contribution in [3.8, 4) is 0 Å². The predicted octanol–water partition coefficient (Wildman–Crippen LogP) is 1.62. The summed E-state index contributed by atoms with van der Waals surface area (Å²) in [4.78, 5) is 0. The fourth-order valence-corrected chi connectivity index (χ4v) is 0.